The van der Waals surface area contributed by atoms with Crippen LogP contribution in [0.15, 0.2) is 61.2 Å². The molecule has 3 amide bonds. The molecule has 0 atom stereocenters. The molecule has 0 saturated heterocycles. The van der Waals surface area contributed by atoms with Gasteiger partial charge in [-0.1, -0.05) is 35.9 Å². The molecule has 146 valence electrons. The van der Waals surface area contributed by atoms with Gasteiger partial charge in [0.15, 0.2) is 0 Å². The van der Waals surface area contributed by atoms with Gasteiger partial charge in [0, 0.05) is 25.5 Å². The van der Waals surface area contributed by atoms with Crippen LogP contribution >= 0.6 is 0 Å². The van der Waals surface area contributed by atoms with Crippen LogP contribution in [0.2, 0.25) is 0 Å². The zero-order valence-electron chi connectivity index (χ0n) is 16.0. The number of benzene rings is 2. The van der Waals surface area contributed by atoms with E-state index in [4.69, 9.17) is 0 Å². The number of nitrogens with zero attached hydrogens (tertiary/aromatic N) is 3. The summed E-state index contributed by atoms with van der Waals surface area (Å²) >= 11 is 0. The maximum atomic E-state index is 12.5. The summed E-state index contributed by atoms with van der Waals surface area (Å²) in [6.07, 6.45) is 5.39. The number of carbonyl (C=O) groups excluding carboxylic acids is 3. The Bertz CT molecular complexity index is 1070. The fourth-order valence-corrected chi connectivity index (χ4v) is 3.30. The third-order valence-corrected chi connectivity index (χ3v) is 4.86. The highest BCUT2D eigenvalue weighted by Crippen LogP contribution is 2.23. The number of rotatable bonds is 6. The molecular formula is C22H20N4O3. The second-order valence-corrected chi connectivity index (χ2v) is 7.07. The Hall–Kier alpha value is -3.74. The van der Waals surface area contributed by atoms with Crippen molar-refractivity contribution in [1.29, 1.82) is 0 Å². The molecule has 2 aromatic carbocycles. The number of hydrogen-bond acceptors (Lipinski definition) is 4. The number of fused-ring (bicyclic) bond motifs is 1. The minimum absolute atomic E-state index is 0.288. The monoisotopic (exact) mass is 388 g/mol. The summed E-state index contributed by atoms with van der Waals surface area (Å²) in [5.41, 5.74) is 3.66. The van der Waals surface area contributed by atoms with Crippen LogP contribution in [0.25, 0.3) is 0 Å². The van der Waals surface area contributed by atoms with Crippen molar-refractivity contribution in [3.63, 3.8) is 0 Å². The van der Waals surface area contributed by atoms with Gasteiger partial charge in [-0.25, -0.2) is 4.98 Å². The fraction of sp³-hybridized carbons (Fsp3) is 0.182. The highest BCUT2D eigenvalue weighted by molar-refractivity contribution is 6.22. The van der Waals surface area contributed by atoms with Crippen molar-refractivity contribution in [3.05, 3.63) is 89.0 Å². The summed E-state index contributed by atoms with van der Waals surface area (Å²) in [5.74, 6) is -1.23. The number of imide groups is 1. The number of aromatic nitrogens is 2. The Morgan fingerprint density at radius 3 is 2.45 bits per heavy atom. The molecule has 0 radical (unpaired) electrons. The molecule has 3 aromatic rings. The first-order chi connectivity index (χ1) is 14.0. The van der Waals surface area contributed by atoms with E-state index in [1.54, 1.807) is 30.7 Å². The van der Waals surface area contributed by atoms with Crippen molar-refractivity contribution >= 4 is 17.7 Å². The number of aryl methyl sites for hydroxylation is 1. The first-order valence-corrected chi connectivity index (χ1v) is 9.28. The number of amides is 3. The molecule has 7 nitrogen and oxygen atoms in total. The standard InChI is InChI=1S/C22H20N4O3/c1-15-2-7-18-19(10-15)22(29)26(21(18)28)13-20(27)24-11-16-3-5-17(6-4-16)12-25-9-8-23-14-25/h2-10,14H,11-13H2,1H3,(H,24,27). The SMILES string of the molecule is Cc1ccc2c(c1)C(=O)N(CC(=O)NCc1ccc(Cn3ccnc3)cc1)C2=O. The van der Waals surface area contributed by atoms with Gasteiger partial charge in [0.05, 0.1) is 17.5 Å². The second kappa shape index (κ2) is 7.71. The molecular weight excluding hydrogens is 368 g/mol. The van der Waals surface area contributed by atoms with E-state index in [2.05, 4.69) is 10.3 Å². The molecule has 0 unspecified atom stereocenters. The molecule has 7 heteroatoms. The fourth-order valence-electron chi connectivity index (χ4n) is 3.30. The Kier molecular flexibility index (Phi) is 4.95. The van der Waals surface area contributed by atoms with Gasteiger partial charge in [-0.05, 0) is 30.2 Å². The molecule has 0 spiro atoms. The molecule has 0 aliphatic carbocycles. The Labute approximate surface area is 168 Å². The smallest absolute Gasteiger partial charge is 0.262 e. The first kappa shape index (κ1) is 18.6. The van der Waals surface area contributed by atoms with Gasteiger partial charge in [-0.15, -0.1) is 0 Å². The third-order valence-electron chi connectivity index (χ3n) is 4.86. The minimum Gasteiger partial charge on any atom is -0.350 e. The number of carbonyl (C=O) groups is 3. The van der Waals surface area contributed by atoms with E-state index < -0.39 is 11.8 Å². The van der Waals surface area contributed by atoms with Crippen LogP contribution in [-0.2, 0) is 17.9 Å². The maximum Gasteiger partial charge on any atom is 0.262 e. The summed E-state index contributed by atoms with van der Waals surface area (Å²) in [4.78, 5) is 42.2. The zero-order chi connectivity index (χ0) is 20.4. The predicted molar refractivity (Wildman–Crippen MR) is 106 cm³/mol. The highest BCUT2D eigenvalue weighted by atomic mass is 16.2. The lowest BCUT2D eigenvalue weighted by Gasteiger charge is -2.13. The van der Waals surface area contributed by atoms with E-state index in [1.165, 1.54) is 0 Å². The van der Waals surface area contributed by atoms with Gasteiger partial charge in [0.1, 0.15) is 6.54 Å². The topological polar surface area (TPSA) is 84.3 Å². The lowest BCUT2D eigenvalue weighted by Crippen LogP contribution is -2.40. The van der Waals surface area contributed by atoms with Crippen molar-refractivity contribution in [2.75, 3.05) is 6.54 Å². The molecule has 0 fully saturated rings. The molecule has 1 aliphatic rings. The van der Waals surface area contributed by atoms with E-state index in [-0.39, 0.29) is 12.5 Å². The van der Waals surface area contributed by atoms with Gasteiger partial charge >= 0.3 is 0 Å². The van der Waals surface area contributed by atoms with E-state index in [1.807, 2.05) is 42.0 Å². The molecule has 1 N–H and O–H groups in total. The van der Waals surface area contributed by atoms with E-state index in [0.29, 0.717) is 17.7 Å². The van der Waals surface area contributed by atoms with E-state index in [9.17, 15) is 14.4 Å². The van der Waals surface area contributed by atoms with Crippen molar-refractivity contribution < 1.29 is 14.4 Å². The second-order valence-electron chi connectivity index (χ2n) is 7.07. The lowest BCUT2D eigenvalue weighted by atomic mass is 10.1. The van der Waals surface area contributed by atoms with E-state index in [0.717, 1.165) is 28.1 Å². The minimum atomic E-state index is -0.427. The van der Waals surface area contributed by atoms with Crippen molar-refractivity contribution in [1.82, 2.24) is 19.8 Å². The average Bonchev–Trinajstić information content (AvgIpc) is 3.30. The molecule has 2 heterocycles. The number of imidazole rings is 1. The highest BCUT2D eigenvalue weighted by Gasteiger charge is 2.36. The number of hydrogen-bond donors (Lipinski definition) is 1. The van der Waals surface area contributed by atoms with Crippen LogP contribution in [0.3, 0.4) is 0 Å². The van der Waals surface area contributed by atoms with Gasteiger partial charge in [0.2, 0.25) is 5.91 Å². The van der Waals surface area contributed by atoms with Gasteiger partial charge in [-0.2, -0.15) is 0 Å². The van der Waals surface area contributed by atoms with Crippen LogP contribution < -0.4 is 5.32 Å². The molecule has 0 saturated carbocycles. The van der Waals surface area contributed by atoms with Crippen LogP contribution in [0, 0.1) is 6.92 Å². The molecule has 1 aromatic heterocycles. The predicted octanol–water partition coefficient (Wildman–Crippen LogP) is 2.15. The lowest BCUT2D eigenvalue weighted by molar-refractivity contribution is -0.121. The number of nitrogens with one attached hydrogen (secondary N) is 1. The summed E-state index contributed by atoms with van der Waals surface area (Å²) < 4.78 is 1.97. The molecule has 1 aliphatic heterocycles. The van der Waals surface area contributed by atoms with E-state index >= 15 is 0 Å². The normalized spacial score (nSPS) is 12.9. The molecule has 4 rings (SSSR count). The molecule has 29 heavy (non-hydrogen) atoms. The zero-order valence-corrected chi connectivity index (χ0v) is 16.0. The average molecular weight is 388 g/mol. The van der Waals surface area contributed by atoms with Crippen molar-refractivity contribution in [2.24, 2.45) is 0 Å². The maximum absolute atomic E-state index is 12.5. The van der Waals surface area contributed by atoms with Crippen molar-refractivity contribution in [2.45, 2.75) is 20.0 Å². The summed E-state index contributed by atoms with van der Waals surface area (Å²) in [6, 6.07) is 13.0. The summed E-state index contributed by atoms with van der Waals surface area (Å²) in [7, 11) is 0. The quantitative estimate of drug-likeness (QED) is 0.656. The Balaban J connectivity index is 1.32. The van der Waals surface area contributed by atoms with Crippen LogP contribution in [0.4, 0.5) is 0 Å². The first-order valence-electron chi connectivity index (χ1n) is 9.28. The van der Waals surface area contributed by atoms with Gasteiger partial charge in [0.25, 0.3) is 11.8 Å². The summed E-state index contributed by atoms with van der Waals surface area (Å²) in [5, 5.41) is 2.77. The van der Waals surface area contributed by atoms with Crippen LogP contribution in [0.5, 0.6) is 0 Å². The van der Waals surface area contributed by atoms with Gasteiger partial charge in [-0.3, -0.25) is 19.3 Å². The third kappa shape index (κ3) is 3.94. The Morgan fingerprint density at radius 1 is 1.00 bits per heavy atom. The largest absolute Gasteiger partial charge is 0.350 e. The van der Waals surface area contributed by atoms with Crippen LogP contribution in [-0.4, -0.2) is 38.7 Å². The van der Waals surface area contributed by atoms with Crippen molar-refractivity contribution in [3.8, 4) is 0 Å². The summed E-state index contributed by atoms with van der Waals surface area (Å²) in [6.45, 7) is 2.62. The Morgan fingerprint density at radius 2 is 1.72 bits per heavy atom. The molecule has 0 bridgehead atoms. The van der Waals surface area contributed by atoms with Gasteiger partial charge < -0.3 is 9.88 Å². The van der Waals surface area contributed by atoms with Crippen LogP contribution in [0.1, 0.15) is 37.4 Å².